The molecule has 7 heteroatoms. The number of aryl methyl sites for hydroxylation is 1. The molecule has 4 rings (SSSR count). The molecule has 0 bridgehead atoms. The summed E-state index contributed by atoms with van der Waals surface area (Å²) in [7, 11) is 0. The van der Waals surface area contributed by atoms with Gasteiger partial charge in [-0.05, 0) is 36.1 Å². The molecule has 0 unspecified atom stereocenters. The van der Waals surface area contributed by atoms with Gasteiger partial charge in [-0.1, -0.05) is 24.3 Å². The quantitative estimate of drug-likeness (QED) is 0.547. The maximum Gasteiger partial charge on any atom is 0.236 e. The third-order valence-corrected chi connectivity index (χ3v) is 4.99. The number of anilines is 1. The van der Waals surface area contributed by atoms with Gasteiger partial charge in [-0.15, -0.1) is 11.3 Å². The first-order chi connectivity index (χ1) is 13.2. The molecule has 0 spiro atoms. The van der Waals surface area contributed by atoms with E-state index in [9.17, 15) is 4.79 Å². The van der Waals surface area contributed by atoms with Crippen LogP contribution in [0.15, 0.2) is 64.7 Å². The molecule has 136 valence electrons. The minimum absolute atomic E-state index is 0.128. The zero-order valence-electron chi connectivity index (χ0n) is 14.8. The van der Waals surface area contributed by atoms with E-state index in [0.717, 1.165) is 16.1 Å². The van der Waals surface area contributed by atoms with Crippen molar-refractivity contribution in [3.05, 3.63) is 77.3 Å². The molecule has 1 aromatic carbocycles. The highest BCUT2D eigenvalue weighted by molar-refractivity contribution is 7.13. The predicted molar refractivity (Wildman–Crippen MR) is 105 cm³/mol. The molecule has 6 nitrogen and oxygen atoms in total. The van der Waals surface area contributed by atoms with Crippen LogP contribution < -0.4 is 5.32 Å². The third kappa shape index (κ3) is 3.98. The Kier molecular flexibility index (Phi) is 4.84. The summed E-state index contributed by atoms with van der Waals surface area (Å²) in [5.74, 6) is 1.10. The lowest BCUT2D eigenvalue weighted by atomic mass is 10.1. The lowest BCUT2D eigenvalue weighted by Gasteiger charge is -2.11. The van der Waals surface area contributed by atoms with Gasteiger partial charge < -0.3 is 9.73 Å². The molecule has 0 aliphatic carbocycles. The van der Waals surface area contributed by atoms with Gasteiger partial charge >= 0.3 is 0 Å². The van der Waals surface area contributed by atoms with Crippen LogP contribution in [0.3, 0.4) is 0 Å². The van der Waals surface area contributed by atoms with Crippen LogP contribution >= 0.6 is 11.3 Å². The fraction of sp³-hybridized carbons (Fsp3) is 0.150. The minimum atomic E-state index is -0.128. The largest absolute Gasteiger partial charge is 0.440 e. The Morgan fingerprint density at radius 3 is 2.89 bits per heavy atom. The molecule has 3 heterocycles. The monoisotopic (exact) mass is 378 g/mol. The molecule has 0 radical (unpaired) electrons. The van der Waals surface area contributed by atoms with E-state index < -0.39 is 0 Å². The Balaban J connectivity index is 1.47. The summed E-state index contributed by atoms with van der Waals surface area (Å²) in [6, 6.07) is 13.5. The number of nitrogens with one attached hydrogen (secondary N) is 1. The first-order valence-corrected chi connectivity index (χ1v) is 9.42. The van der Waals surface area contributed by atoms with Crippen molar-refractivity contribution < 1.29 is 9.21 Å². The molecule has 0 saturated heterocycles. The van der Waals surface area contributed by atoms with Crippen molar-refractivity contribution in [1.29, 1.82) is 0 Å². The summed E-state index contributed by atoms with van der Waals surface area (Å²) in [5, 5.41) is 9.17. The van der Waals surface area contributed by atoms with Crippen LogP contribution in [0.25, 0.3) is 10.8 Å². The molecule has 1 amide bonds. The van der Waals surface area contributed by atoms with E-state index in [1.54, 1.807) is 17.5 Å². The predicted octanol–water partition coefficient (Wildman–Crippen LogP) is 4.14. The topological polar surface area (TPSA) is 73.0 Å². The van der Waals surface area contributed by atoms with Crippen molar-refractivity contribution >= 4 is 22.9 Å². The van der Waals surface area contributed by atoms with E-state index in [4.69, 9.17) is 4.42 Å². The Morgan fingerprint density at radius 2 is 2.11 bits per heavy atom. The highest BCUT2D eigenvalue weighted by Crippen LogP contribution is 2.26. The number of rotatable bonds is 6. The normalized spacial score (nSPS) is 10.9. The Hall–Kier alpha value is -3.19. The van der Waals surface area contributed by atoms with E-state index in [1.807, 2.05) is 65.6 Å². The summed E-state index contributed by atoms with van der Waals surface area (Å²) in [4.78, 5) is 18.0. The zero-order chi connectivity index (χ0) is 18.6. The van der Waals surface area contributed by atoms with Gasteiger partial charge in [-0.25, -0.2) is 4.98 Å². The van der Waals surface area contributed by atoms with E-state index in [2.05, 4.69) is 15.4 Å². The van der Waals surface area contributed by atoms with Gasteiger partial charge in [-0.3, -0.25) is 9.48 Å². The smallest absolute Gasteiger partial charge is 0.236 e. The van der Waals surface area contributed by atoms with Crippen molar-refractivity contribution in [3.8, 4) is 10.8 Å². The molecular weight excluding hydrogens is 360 g/mol. The second-order valence-corrected chi connectivity index (χ2v) is 7.03. The van der Waals surface area contributed by atoms with Gasteiger partial charge in [0.1, 0.15) is 5.76 Å². The lowest BCUT2D eigenvalue weighted by Crippen LogP contribution is -2.17. The number of nitrogens with zero attached hydrogens (tertiary/aromatic N) is 3. The highest BCUT2D eigenvalue weighted by Gasteiger charge is 2.16. The van der Waals surface area contributed by atoms with E-state index in [1.165, 1.54) is 0 Å². The van der Waals surface area contributed by atoms with Gasteiger partial charge in [0.15, 0.2) is 0 Å². The van der Waals surface area contributed by atoms with Crippen LogP contribution in [0, 0.1) is 6.92 Å². The second-order valence-electron chi connectivity index (χ2n) is 6.08. The molecule has 1 N–H and O–H groups in total. The molecule has 0 aliphatic heterocycles. The van der Waals surface area contributed by atoms with Gasteiger partial charge in [0.25, 0.3) is 0 Å². The maximum absolute atomic E-state index is 12.6. The fourth-order valence-electron chi connectivity index (χ4n) is 2.79. The van der Waals surface area contributed by atoms with Gasteiger partial charge in [-0.2, -0.15) is 5.10 Å². The number of para-hydroxylation sites is 1. The van der Waals surface area contributed by atoms with Crippen LogP contribution in [-0.2, 0) is 17.8 Å². The summed E-state index contributed by atoms with van der Waals surface area (Å²) >= 11 is 1.56. The van der Waals surface area contributed by atoms with Crippen LogP contribution in [0.5, 0.6) is 0 Å². The van der Waals surface area contributed by atoms with Crippen molar-refractivity contribution in [2.24, 2.45) is 0 Å². The van der Waals surface area contributed by atoms with Crippen molar-refractivity contribution in [2.45, 2.75) is 19.9 Å². The fourth-order valence-corrected chi connectivity index (χ4v) is 3.44. The molecule has 27 heavy (non-hydrogen) atoms. The molecule has 0 atom stereocenters. The van der Waals surface area contributed by atoms with Crippen molar-refractivity contribution in [3.63, 3.8) is 0 Å². The van der Waals surface area contributed by atoms with Crippen LogP contribution in [-0.4, -0.2) is 20.7 Å². The first kappa shape index (κ1) is 17.2. The number of carbonyl (C=O) groups excluding carboxylic acids is 1. The van der Waals surface area contributed by atoms with Crippen LogP contribution in [0.4, 0.5) is 5.69 Å². The number of benzene rings is 1. The number of carbonyl (C=O) groups is 1. The van der Waals surface area contributed by atoms with E-state index in [0.29, 0.717) is 23.9 Å². The Morgan fingerprint density at radius 1 is 1.22 bits per heavy atom. The third-order valence-electron chi connectivity index (χ3n) is 4.14. The standard InChI is InChI=1S/C20H18N4O2S/c1-14-17(23-20(26-14)18-8-4-11-27-18)12-19(25)22-16-7-3-2-6-15(16)13-24-10-5-9-21-24/h2-11H,12-13H2,1H3,(H,22,25). The molecule has 0 fully saturated rings. The van der Waals surface area contributed by atoms with Crippen molar-refractivity contribution in [1.82, 2.24) is 14.8 Å². The minimum Gasteiger partial charge on any atom is -0.440 e. The van der Waals surface area contributed by atoms with Gasteiger partial charge in [0.05, 0.1) is 23.5 Å². The Bertz CT molecular complexity index is 1040. The molecule has 4 aromatic rings. The first-order valence-electron chi connectivity index (χ1n) is 8.54. The molecule has 3 aromatic heterocycles. The average molecular weight is 378 g/mol. The van der Waals surface area contributed by atoms with Gasteiger partial charge in [0, 0.05) is 18.1 Å². The summed E-state index contributed by atoms with van der Waals surface area (Å²) in [5.41, 5.74) is 2.42. The van der Waals surface area contributed by atoms with Gasteiger partial charge in [0.2, 0.25) is 11.8 Å². The molecule has 0 aliphatic rings. The Labute approximate surface area is 160 Å². The van der Waals surface area contributed by atoms with Crippen molar-refractivity contribution in [2.75, 3.05) is 5.32 Å². The number of amides is 1. The number of thiophene rings is 1. The summed E-state index contributed by atoms with van der Waals surface area (Å²) in [6.45, 7) is 2.42. The molecular formula is C20H18N4O2S. The van der Waals surface area contributed by atoms with E-state index >= 15 is 0 Å². The highest BCUT2D eigenvalue weighted by atomic mass is 32.1. The maximum atomic E-state index is 12.6. The number of hydrogen-bond acceptors (Lipinski definition) is 5. The number of hydrogen-bond donors (Lipinski definition) is 1. The SMILES string of the molecule is Cc1oc(-c2cccs2)nc1CC(=O)Nc1ccccc1Cn1cccn1. The lowest BCUT2D eigenvalue weighted by molar-refractivity contribution is -0.115. The van der Waals surface area contributed by atoms with Crippen LogP contribution in [0.1, 0.15) is 17.0 Å². The van der Waals surface area contributed by atoms with E-state index in [-0.39, 0.29) is 12.3 Å². The average Bonchev–Trinajstić information content (AvgIpc) is 3.40. The summed E-state index contributed by atoms with van der Waals surface area (Å²) < 4.78 is 7.53. The van der Waals surface area contributed by atoms with Crippen LogP contribution in [0.2, 0.25) is 0 Å². The second kappa shape index (κ2) is 7.59. The number of aromatic nitrogens is 3. The summed E-state index contributed by atoms with van der Waals surface area (Å²) in [6.07, 6.45) is 3.79. The zero-order valence-corrected chi connectivity index (χ0v) is 15.6. The number of oxazole rings is 1. The molecule has 0 saturated carbocycles.